The van der Waals surface area contributed by atoms with Gasteiger partial charge in [-0.15, -0.1) is 0 Å². The van der Waals surface area contributed by atoms with Crippen molar-refractivity contribution in [2.45, 2.75) is 19.3 Å². The van der Waals surface area contributed by atoms with E-state index in [4.69, 9.17) is 11.0 Å². The van der Waals surface area contributed by atoms with Crippen molar-refractivity contribution in [2.24, 2.45) is 0 Å². The van der Waals surface area contributed by atoms with E-state index in [1.165, 1.54) is 17.5 Å². The molecule has 3 rings (SSSR count). The minimum Gasteiger partial charge on any atom is -0.398 e. The van der Waals surface area contributed by atoms with Gasteiger partial charge < -0.3 is 5.73 Å². The SMILES string of the molecule is N#Cc1cc(-c2ccc3c(c2N)CCC3)ccn1. The minimum absolute atomic E-state index is 0.424. The van der Waals surface area contributed by atoms with Crippen LogP contribution in [0.4, 0.5) is 5.69 Å². The molecular formula is C15H13N3. The van der Waals surface area contributed by atoms with Gasteiger partial charge in [0.25, 0.3) is 0 Å². The Balaban J connectivity index is 2.15. The van der Waals surface area contributed by atoms with Crippen molar-refractivity contribution in [1.29, 1.82) is 5.26 Å². The van der Waals surface area contributed by atoms with E-state index in [0.717, 1.165) is 29.7 Å². The summed E-state index contributed by atoms with van der Waals surface area (Å²) in [4.78, 5) is 3.98. The van der Waals surface area contributed by atoms with Crippen molar-refractivity contribution in [1.82, 2.24) is 4.98 Å². The third-order valence-corrected chi connectivity index (χ3v) is 3.51. The summed E-state index contributed by atoms with van der Waals surface area (Å²) in [5.41, 5.74) is 12.2. The normalized spacial score (nSPS) is 13.1. The summed E-state index contributed by atoms with van der Waals surface area (Å²) in [5, 5.41) is 8.89. The quantitative estimate of drug-likeness (QED) is 0.773. The van der Waals surface area contributed by atoms with E-state index in [9.17, 15) is 0 Å². The van der Waals surface area contributed by atoms with Crippen molar-refractivity contribution in [2.75, 3.05) is 5.73 Å². The number of pyridine rings is 1. The zero-order valence-electron chi connectivity index (χ0n) is 9.98. The number of nitrogen functional groups attached to an aromatic ring is 1. The molecule has 1 aliphatic rings. The third-order valence-electron chi connectivity index (χ3n) is 3.51. The maximum Gasteiger partial charge on any atom is 0.141 e. The van der Waals surface area contributed by atoms with Gasteiger partial charge in [0.05, 0.1) is 0 Å². The zero-order valence-corrected chi connectivity index (χ0v) is 9.98. The zero-order chi connectivity index (χ0) is 12.5. The van der Waals surface area contributed by atoms with Crippen LogP contribution in [0, 0.1) is 11.3 Å². The Morgan fingerprint density at radius 2 is 2.11 bits per heavy atom. The van der Waals surface area contributed by atoms with Gasteiger partial charge in [-0.1, -0.05) is 12.1 Å². The maximum atomic E-state index is 8.89. The fourth-order valence-corrected chi connectivity index (χ4v) is 2.61. The number of aromatic nitrogens is 1. The Kier molecular flexibility index (Phi) is 2.49. The maximum absolute atomic E-state index is 8.89. The van der Waals surface area contributed by atoms with Gasteiger partial charge >= 0.3 is 0 Å². The van der Waals surface area contributed by atoms with E-state index in [0.29, 0.717) is 5.69 Å². The van der Waals surface area contributed by atoms with Crippen LogP contribution in [0.25, 0.3) is 11.1 Å². The van der Waals surface area contributed by atoms with E-state index < -0.39 is 0 Å². The van der Waals surface area contributed by atoms with Gasteiger partial charge in [0.15, 0.2) is 0 Å². The highest BCUT2D eigenvalue weighted by molar-refractivity contribution is 5.80. The van der Waals surface area contributed by atoms with Gasteiger partial charge in [-0.05, 0) is 48.1 Å². The summed E-state index contributed by atoms with van der Waals surface area (Å²) in [6.45, 7) is 0. The van der Waals surface area contributed by atoms with Crippen LogP contribution in [0.15, 0.2) is 30.5 Å². The van der Waals surface area contributed by atoms with E-state index in [1.54, 1.807) is 12.3 Å². The molecule has 3 heteroatoms. The average Bonchev–Trinajstić information content (AvgIpc) is 2.88. The Hall–Kier alpha value is -2.34. The van der Waals surface area contributed by atoms with Crippen LogP contribution in [-0.2, 0) is 12.8 Å². The van der Waals surface area contributed by atoms with Crippen LogP contribution >= 0.6 is 0 Å². The predicted octanol–water partition coefficient (Wildman–Crippen LogP) is 2.69. The summed E-state index contributed by atoms with van der Waals surface area (Å²) in [5.74, 6) is 0. The number of aryl methyl sites for hydroxylation is 1. The lowest BCUT2D eigenvalue weighted by Gasteiger charge is -2.10. The molecule has 1 aliphatic carbocycles. The first-order valence-corrected chi connectivity index (χ1v) is 6.06. The van der Waals surface area contributed by atoms with Gasteiger partial charge in [0.1, 0.15) is 11.8 Å². The van der Waals surface area contributed by atoms with Crippen LogP contribution in [0.1, 0.15) is 23.2 Å². The summed E-state index contributed by atoms with van der Waals surface area (Å²) in [7, 11) is 0. The molecule has 0 saturated carbocycles. The van der Waals surface area contributed by atoms with Crippen LogP contribution in [0.2, 0.25) is 0 Å². The fraction of sp³-hybridized carbons (Fsp3) is 0.200. The lowest BCUT2D eigenvalue weighted by molar-refractivity contribution is 0.912. The smallest absolute Gasteiger partial charge is 0.141 e. The first-order chi connectivity index (χ1) is 8.79. The van der Waals surface area contributed by atoms with Crippen LogP contribution in [0.3, 0.4) is 0 Å². The molecule has 0 radical (unpaired) electrons. The number of hydrogen-bond acceptors (Lipinski definition) is 3. The van der Waals surface area contributed by atoms with E-state index >= 15 is 0 Å². The molecule has 0 fully saturated rings. The second-order valence-electron chi connectivity index (χ2n) is 4.56. The van der Waals surface area contributed by atoms with Crippen LogP contribution in [-0.4, -0.2) is 4.98 Å². The standard InChI is InChI=1S/C15H13N3/c16-9-12-8-11(6-7-18-12)14-5-4-10-2-1-3-13(10)15(14)17/h4-8H,1-3,17H2. The first kappa shape index (κ1) is 10.8. The highest BCUT2D eigenvalue weighted by Crippen LogP contribution is 2.35. The first-order valence-electron chi connectivity index (χ1n) is 6.06. The molecule has 2 aromatic rings. The number of rotatable bonds is 1. The molecule has 0 unspecified atom stereocenters. The number of nitrogens with zero attached hydrogens (tertiary/aromatic N) is 2. The summed E-state index contributed by atoms with van der Waals surface area (Å²) >= 11 is 0. The van der Waals surface area contributed by atoms with Crippen molar-refractivity contribution in [3.05, 3.63) is 47.3 Å². The molecule has 0 bridgehead atoms. The second-order valence-corrected chi connectivity index (χ2v) is 4.56. The van der Waals surface area contributed by atoms with Crippen molar-refractivity contribution in [3.8, 4) is 17.2 Å². The average molecular weight is 235 g/mol. The number of anilines is 1. The third kappa shape index (κ3) is 1.63. The minimum atomic E-state index is 0.424. The van der Waals surface area contributed by atoms with E-state index in [-0.39, 0.29) is 0 Å². The van der Waals surface area contributed by atoms with Crippen LogP contribution < -0.4 is 5.73 Å². The van der Waals surface area contributed by atoms with Gasteiger partial charge in [0.2, 0.25) is 0 Å². The van der Waals surface area contributed by atoms with Gasteiger partial charge in [-0.3, -0.25) is 0 Å². The molecule has 0 saturated heterocycles. The molecule has 1 aromatic heterocycles. The second kappa shape index (κ2) is 4.15. The van der Waals surface area contributed by atoms with Crippen LogP contribution in [0.5, 0.6) is 0 Å². The van der Waals surface area contributed by atoms with Gasteiger partial charge in [-0.25, -0.2) is 4.98 Å². The lowest BCUT2D eigenvalue weighted by atomic mass is 9.98. The van der Waals surface area contributed by atoms with E-state index in [1.807, 2.05) is 6.07 Å². The van der Waals surface area contributed by atoms with Crippen molar-refractivity contribution >= 4 is 5.69 Å². The van der Waals surface area contributed by atoms with Crippen molar-refractivity contribution in [3.63, 3.8) is 0 Å². The molecular weight excluding hydrogens is 222 g/mol. The summed E-state index contributed by atoms with van der Waals surface area (Å²) in [6.07, 6.45) is 5.02. The molecule has 88 valence electrons. The predicted molar refractivity (Wildman–Crippen MR) is 70.8 cm³/mol. The van der Waals surface area contributed by atoms with E-state index in [2.05, 4.69) is 23.2 Å². The molecule has 0 atom stereocenters. The Morgan fingerprint density at radius 1 is 1.22 bits per heavy atom. The molecule has 1 heterocycles. The molecule has 1 aromatic carbocycles. The molecule has 0 aliphatic heterocycles. The Labute approximate surface area is 106 Å². The highest BCUT2D eigenvalue weighted by atomic mass is 14.7. The van der Waals surface area contributed by atoms with Crippen molar-refractivity contribution < 1.29 is 0 Å². The lowest BCUT2D eigenvalue weighted by Crippen LogP contribution is -1.97. The number of nitrogens with two attached hydrogens (primary N) is 1. The Morgan fingerprint density at radius 3 is 2.94 bits per heavy atom. The molecule has 0 amide bonds. The highest BCUT2D eigenvalue weighted by Gasteiger charge is 2.16. The topological polar surface area (TPSA) is 62.7 Å². The number of nitriles is 1. The molecule has 2 N–H and O–H groups in total. The molecule has 0 spiro atoms. The fourth-order valence-electron chi connectivity index (χ4n) is 2.61. The number of fused-ring (bicyclic) bond motifs is 1. The number of benzene rings is 1. The molecule has 18 heavy (non-hydrogen) atoms. The largest absolute Gasteiger partial charge is 0.398 e. The van der Waals surface area contributed by atoms with Gasteiger partial charge in [-0.2, -0.15) is 5.26 Å². The number of hydrogen-bond donors (Lipinski definition) is 1. The summed E-state index contributed by atoms with van der Waals surface area (Å²) < 4.78 is 0. The van der Waals surface area contributed by atoms with Gasteiger partial charge in [0, 0.05) is 17.4 Å². The summed E-state index contributed by atoms with van der Waals surface area (Å²) in [6, 6.07) is 9.94. The monoisotopic (exact) mass is 235 g/mol. The Bertz CT molecular complexity index is 653. The molecule has 3 nitrogen and oxygen atoms in total.